The Kier molecular flexibility index (Phi) is 9.88. The average Bonchev–Trinajstić information content (AvgIpc) is 3.66. The highest BCUT2D eigenvalue weighted by atomic mass is 32.2. The number of unbranched alkanes of at least 4 members (excludes halogenated alkanes) is 4. The van der Waals surface area contributed by atoms with E-state index >= 15 is 0 Å². The summed E-state index contributed by atoms with van der Waals surface area (Å²) in [6.45, 7) is 6.98. The third-order valence-corrected chi connectivity index (χ3v) is 10.7. The van der Waals surface area contributed by atoms with Crippen LogP contribution in [-0.2, 0) is 21.3 Å². The van der Waals surface area contributed by atoms with Crippen molar-refractivity contribution in [3.05, 3.63) is 60.2 Å². The summed E-state index contributed by atoms with van der Waals surface area (Å²) in [5, 5.41) is 4.53. The smallest absolute Gasteiger partial charge is 0.413 e. The van der Waals surface area contributed by atoms with Crippen LogP contribution < -0.4 is 5.32 Å². The number of hydrogen-bond acceptors (Lipinski definition) is 8. The van der Waals surface area contributed by atoms with Gasteiger partial charge < -0.3 is 9.30 Å². The monoisotopic (exact) mass is 610 g/mol. The van der Waals surface area contributed by atoms with Gasteiger partial charge in [0.25, 0.3) is 10.0 Å². The maximum absolute atomic E-state index is 13.5. The molecule has 0 radical (unpaired) electrons. The van der Waals surface area contributed by atoms with E-state index in [1.54, 1.807) is 42.0 Å². The number of nitrogens with one attached hydrogen (secondary N) is 1. The number of nitrogens with zero attached hydrogens (tertiary/aromatic N) is 5. The van der Waals surface area contributed by atoms with Crippen LogP contribution in [0.1, 0.15) is 46.0 Å². The Morgan fingerprint density at radius 2 is 1.95 bits per heavy atom. The summed E-state index contributed by atoms with van der Waals surface area (Å²) in [6.07, 6.45) is 7.60. The van der Waals surface area contributed by atoms with Crippen molar-refractivity contribution in [2.24, 2.45) is 0 Å². The predicted molar refractivity (Wildman–Crippen MR) is 166 cm³/mol. The van der Waals surface area contributed by atoms with E-state index in [4.69, 9.17) is 9.72 Å². The molecule has 3 aromatic heterocycles. The van der Waals surface area contributed by atoms with Gasteiger partial charge >= 0.3 is 6.09 Å². The Morgan fingerprint density at radius 3 is 2.69 bits per heavy atom. The largest absolute Gasteiger partial charge is 0.428 e. The van der Waals surface area contributed by atoms with Crippen LogP contribution in [0.5, 0.6) is 0 Å². The van der Waals surface area contributed by atoms with Gasteiger partial charge in [0, 0.05) is 43.3 Å². The standard InChI is InChI=1S/C30H38N6O4S2/c1-3-5-6-7-8-16-34-17-18-36(42(38,39)28-12-10-19-41-28)27(22-34)40-30(37)32-24-13-14-26-25(20-24)33-29(35(26)4-2)23-11-9-15-31-21-23/h9-15,19-21,27H,3-8,16-18,22H2,1-2H3,(H,32,37). The fourth-order valence-corrected chi connectivity index (χ4v) is 7.95. The number of anilines is 1. The van der Waals surface area contributed by atoms with Gasteiger partial charge in [-0.3, -0.25) is 15.2 Å². The number of fused-ring (bicyclic) bond motifs is 1. The molecule has 42 heavy (non-hydrogen) atoms. The minimum atomic E-state index is -3.80. The minimum absolute atomic E-state index is 0.242. The van der Waals surface area contributed by atoms with Crippen LogP contribution in [-0.4, -0.2) is 70.7 Å². The molecule has 1 unspecified atom stereocenters. The molecule has 0 spiro atoms. The van der Waals surface area contributed by atoms with Gasteiger partial charge in [-0.2, -0.15) is 4.31 Å². The summed E-state index contributed by atoms with van der Waals surface area (Å²) in [4.78, 5) is 24.4. The second-order valence-electron chi connectivity index (χ2n) is 10.4. The van der Waals surface area contributed by atoms with Gasteiger partial charge in [0.2, 0.25) is 0 Å². The van der Waals surface area contributed by atoms with E-state index < -0.39 is 22.3 Å². The summed E-state index contributed by atoms with van der Waals surface area (Å²) in [7, 11) is -3.80. The van der Waals surface area contributed by atoms with Crippen molar-refractivity contribution in [1.29, 1.82) is 0 Å². The molecule has 1 amide bonds. The van der Waals surface area contributed by atoms with E-state index in [1.165, 1.54) is 23.6 Å². The summed E-state index contributed by atoms with van der Waals surface area (Å²) in [5.74, 6) is 0.798. The molecule has 1 saturated heterocycles. The van der Waals surface area contributed by atoms with Crippen LogP contribution in [0.25, 0.3) is 22.4 Å². The number of rotatable bonds is 12. The van der Waals surface area contributed by atoms with Gasteiger partial charge in [-0.1, -0.05) is 38.7 Å². The highest BCUT2D eigenvalue weighted by Gasteiger charge is 2.39. The van der Waals surface area contributed by atoms with Crippen molar-refractivity contribution in [3.8, 4) is 11.4 Å². The first-order chi connectivity index (χ1) is 20.4. The molecular formula is C30H38N6O4S2. The van der Waals surface area contributed by atoms with Gasteiger partial charge in [-0.25, -0.2) is 18.2 Å². The molecule has 10 nitrogen and oxygen atoms in total. The van der Waals surface area contributed by atoms with Crippen molar-refractivity contribution in [3.63, 3.8) is 0 Å². The number of sulfonamides is 1. The summed E-state index contributed by atoms with van der Waals surface area (Å²) in [6, 6.07) is 12.6. The normalized spacial score (nSPS) is 16.6. The number of amides is 1. The van der Waals surface area contributed by atoms with Crippen LogP contribution >= 0.6 is 11.3 Å². The Morgan fingerprint density at radius 1 is 1.10 bits per heavy atom. The number of pyridine rings is 1. The Bertz CT molecular complexity index is 1570. The Labute approximate surface area is 251 Å². The number of carbonyl (C=O) groups is 1. The number of hydrogen-bond donors (Lipinski definition) is 1. The number of aromatic nitrogens is 3. The number of aryl methyl sites for hydroxylation is 1. The molecule has 4 heterocycles. The number of thiophene rings is 1. The molecule has 1 N–H and O–H groups in total. The fourth-order valence-electron chi connectivity index (χ4n) is 5.34. The minimum Gasteiger partial charge on any atom is -0.428 e. The zero-order valence-electron chi connectivity index (χ0n) is 24.1. The van der Waals surface area contributed by atoms with E-state index in [2.05, 4.69) is 33.6 Å². The molecule has 0 bridgehead atoms. The van der Waals surface area contributed by atoms with Crippen molar-refractivity contribution in [1.82, 2.24) is 23.7 Å². The molecule has 1 aliphatic heterocycles. The Balaban J connectivity index is 1.31. The van der Waals surface area contributed by atoms with Gasteiger partial charge in [0.1, 0.15) is 10.0 Å². The van der Waals surface area contributed by atoms with Gasteiger partial charge in [0.05, 0.1) is 17.6 Å². The molecule has 224 valence electrons. The molecule has 1 fully saturated rings. The molecule has 5 rings (SSSR count). The highest BCUT2D eigenvalue weighted by Crippen LogP contribution is 2.28. The molecule has 0 saturated carbocycles. The summed E-state index contributed by atoms with van der Waals surface area (Å²) >= 11 is 1.16. The van der Waals surface area contributed by atoms with Gasteiger partial charge in [0.15, 0.2) is 6.23 Å². The SMILES string of the molecule is CCCCCCCN1CCN(S(=O)(=O)c2cccs2)C(OC(=O)Nc2ccc3c(c2)nc(-c2cccnc2)n3CC)C1. The lowest BCUT2D eigenvalue weighted by Crippen LogP contribution is -2.56. The van der Waals surface area contributed by atoms with Crippen molar-refractivity contribution < 1.29 is 17.9 Å². The van der Waals surface area contributed by atoms with Gasteiger partial charge in [-0.05, 0) is 61.7 Å². The van der Waals surface area contributed by atoms with Crippen molar-refractivity contribution in [2.45, 2.75) is 62.9 Å². The lowest BCUT2D eigenvalue weighted by Gasteiger charge is -2.39. The molecule has 1 atom stereocenters. The number of piperazine rings is 1. The Hall–Kier alpha value is -3.32. The lowest BCUT2D eigenvalue weighted by atomic mass is 10.1. The van der Waals surface area contributed by atoms with Crippen molar-refractivity contribution in [2.75, 3.05) is 31.5 Å². The first-order valence-electron chi connectivity index (χ1n) is 14.6. The van der Waals surface area contributed by atoms with E-state index in [9.17, 15) is 13.2 Å². The zero-order chi connectivity index (χ0) is 29.5. The van der Waals surface area contributed by atoms with Gasteiger partial charge in [-0.15, -0.1) is 11.3 Å². The summed E-state index contributed by atoms with van der Waals surface area (Å²) in [5.41, 5.74) is 3.08. The van der Waals surface area contributed by atoms with E-state index in [-0.39, 0.29) is 10.8 Å². The predicted octanol–water partition coefficient (Wildman–Crippen LogP) is 6.03. The first-order valence-corrected chi connectivity index (χ1v) is 16.9. The second kappa shape index (κ2) is 13.8. The average molecular weight is 611 g/mol. The molecule has 4 aromatic rings. The topological polar surface area (TPSA) is 110 Å². The number of imidazole rings is 1. The lowest BCUT2D eigenvalue weighted by molar-refractivity contribution is -0.0166. The van der Waals surface area contributed by atoms with Crippen LogP contribution in [0.4, 0.5) is 10.5 Å². The molecule has 0 aliphatic carbocycles. The third kappa shape index (κ3) is 6.83. The quantitative estimate of drug-likeness (QED) is 0.195. The zero-order valence-corrected chi connectivity index (χ0v) is 25.7. The summed E-state index contributed by atoms with van der Waals surface area (Å²) < 4.78 is 36.4. The van der Waals surface area contributed by atoms with E-state index in [1.807, 2.05) is 18.2 Å². The van der Waals surface area contributed by atoms with E-state index in [0.717, 1.165) is 59.7 Å². The maximum Gasteiger partial charge on any atom is 0.413 e. The number of benzene rings is 1. The van der Waals surface area contributed by atoms with Crippen LogP contribution in [0, 0.1) is 0 Å². The maximum atomic E-state index is 13.5. The van der Waals surface area contributed by atoms with E-state index in [0.29, 0.717) is 18.8 Å². The van der Waals surface area contributed by atoms with Crippen molar-refractivity contribution >= 4 is 44.2 Å². The second-order valence-corrected chi connectivity index (χ2v) is 13.4. The van der Waals surface area contributed by atoms with Crippen LogP contribution in [0.15, 0.2) is 64.4 Å². The van der Waals surface area contributed by atoms with Crippen LogP contribution in [0.3, 0.4) is 0 Å². The highest BCUT2D eigenvalue weighted by molar-refractivity contribution is 7.91. The van der Waals surface area contributed by atoms with Crippen LogP contribution in [0.2, 0.25) is 0 Å². The first kappa shape index (κ1) is 30.1. The molecular weight excluding hydrogens is 573 g/mol. The molecule has 1 aromatic carbocycles. The number of ether oxygens (including phenoxy) is 1. The third-order valence-electron chi connectivity index (χ3n) is 7.48. The molecule has 1 aliphatic rings. The molecule has 12 heteroatoms. The number of carbonyl (C=O) groups excluding carboxylic acids is 1. The fraction of sp³-hybridized carbons (Fsp3) is 0.433.